The molecule has 2 radical (unpaired) electrons. The van der Waals surface area contributed by atoms with Crippen LogP contribution in [0.3, 0.4) is 0 Å². The Hall–Kier alpha value is 0.0249. The van der Waals surface area contributed by atoms with Crippen molar-refractivity contribution in [2.24, 2.45) is 0 Å². The Morgan fingerprint density at radius 3 is 2.33 bits per heavy atom. The molecule has 34 valence electrons. The summed E-state index contributed by atoms with van der Waals surface area (Å²) in [6.07, 6.45) is 0. The van der Waals surface area contributed by atoms with Crippen LogP contribution in [0.2, 0.25) is 0 Å². The lowest BCUT2D eigenvalue weighted by atomic mass is 9.99. The van der Waals surface area contributed by atoms with Gasteiger partial charge < -0.3 is 5.32 Å². The minimum atomic E-state index is 0.148. The van der Waals surface area contributed by atoms with Crippen molar-refractivity contribution in [2.75, 3.05) is 6.54 Å². The quantitative estimate of drug-likeness (QED) is 0.467. The lowest BCUT2D eigenvalue weighted by Gasteiger charge is -2.01. The summed E-state index contributed by atoms with van der Waals surface area (Å²) in [5, 5.41) is 2.99. The van der Waals surface area contributed by atoms with E-state index in [1.165, 1.54) is 0 Å². The van der Waals surface area contributed by atoms with Crippen molar-refractivity contribution in [1.82, 2.24) is 5.32 Å². The van der Waals surface area contributed by atoms with E-state index in [2.05, 4.69) is 5.32 Å². The SMILES string of the molecule is [B]C(C)NCC. The van der Waals surface area contributed by atoms with E-state index in [1.54, 1.807) is 0 Å². The molecule has 1 nitrogen and oxygen atoms in total. The van der Waals surface area contributed by atoms with Gasteiger partial charge in [0.2, 0.25) is 0 Å². The molecule has 1 atom stereocenters. The van der Waals surface area contributed by atoms with E-state index in [1.807, 2.05) is 13.8 Å². The minimum absolute atomic E-state index is 0.148. The predicted octanol–water partition coefficient (Wildman–Crippen LogP) is 0.110. The number of hydrogen-bond donors (Lipinski definition) is 1. The lowest BCUT2D eigenvalue weighted by Crippen LogP contribution is -2.24. The van der Waals surface area contributed by atoms with Crippen LogP contribution < -0.4 is 5.32 Å². The first-order valence-electron chi connectivity index (χ1n) is 2.26. The maximum atomic E-state index is 5.29. The zero-order valence-electron chi connectivity index (χ0n) is 4.36. The molecule has 0 aliphatic carbocycles. The summed E-state index contributed by atoms with van der Waals surface area (Å²) in [5.41, 5.74) is 0. The van der Waals surface area contributed by atoms with Crippen molar-refractivity contribution in [3.8, 4) is 0 Å². The smallest absolute Gasteiger partial charge is 0.0902 e. The molecule has 1 N–H and O–H groups in total. The summed E-state index contributed by atoms with van der Waals surface area (Å²) < 4.78 is 0. The Bertz CT molecular complexity index is 28.7. The van der Waals surface area contributed by atoms with Gasteiger partial charge in [-0.3, -0.25) is 0 Å². The van der Waals surface area contributed by atoms with Crippen LogP contribution in [0.1, 0.15) is 13.8 Å². The Balaban J connectivity index is 2.63. The minimum Gasteiger partial charge on any atom is -0.323 e. The summed E-state index contributed by atoms with van der Waals surface area (Å²) >= 11 is 0. The molecule has 0 aliphatic rings. The average Bonchev–Trinajstić information content (AvgIpc) is 1.35. The highest BCUT2D eigenvalue weighted by molar-refractivity contribution is 6.11. The van der Waals surface area contributed by atoms with Crippen LogP contribution in [0.15, 0.2) is 0 Å². The Kier molecular flexibility index (Phi) is 3.24. The van der Waals surface area contributed by atoms with Gasteiger partial charge in [-0.1, -0.05) is 13.8 Å². The van der Waals surface area contributed by atoms with Crippen LogP contribution in [-0.2, 0) is 0 Å². The van der Waals surface area contributed by atoms with Gasteiger partial charge in [0.15, 0.2) is 0 Å². The van der Waals surface area contributed by atoms with Crippen molar-refractivity contribution < 1.29 is 0 Å². The van der Waals surface area contributed by atoms with Gasteiger partial charge in [-0.25, -0.2) is 0 Å². The molecule has 0 aliphatic heterocycles. The molecule has 0 bridgehead atoms. The molecule has 2 heteroatoms. The first kappa shape index (κ1) is 6.02. The van der Waals surface area contributed by atoms with E-state index >= 15 is 0 Å². The summed E-state index contributed by atoms with van der Waals surface area (Å²) in [4.78, 5) is 0. The lowest BCUT2D eigenvalue weighted by molar-refractivity contribution is 0.711. The number of nitrogens with one attached hydrogen (secondary N) is 1. The summed E-state index contributed by atoms with van der Waals surface area (Å²) in [5.74, 6) is 0.148. The third-order valence-corrected chi connectivity index (χ3v) is 0.526. The maximum absolute atomic E-state index is 5.29. The largest absolute Gasteiger partial charge is 0.323 e. The second-order valence-electron chi connectivity index (χ2n) is 1.35. The molecule has 0 aromatic rings. The van der Waals surface area contributed by atoms with Gasteiger partial charge in [0.1, 0.15) is 0 Å². The average molecular weight is 82.9 g/mol. The Morgan fingerprint density at radius 2 is 2.33 bits per heavy atom. The van der Waals surface area contributed by atoms with E-state index in [-0.39, 0.29) is 5.94 Å². The van der Waals surface area contributed by atoms with Crippen LogP contribution in [-0.4, -0.2) is 20.3 Å². The van der Waals surface area contributed by atoms with Crippen LogP contribution >= 0.6 is 0 Å². The molecular weight excluding hydrogens is 72.9 g/mol. The molecule has 0 fully saturated rings. The fourth-order valence-corrected chi connectivity index (χ4v) is 0.322. The molecule has 0 amide bonds. The molecule has 1 unspecified atom stereocenters. The van der Waals surface area contributed by atoms with Crippen LogP contribution in [0.5, 0.6) is 0 Å². The van der Waals surface area contributed by atoms with Crippen molar-refractivity contribution in [2.45, 2.75) is 19.8 Å². The molecular formula is C4H10BN. The molecule has 0 rings (SSSR count). The van der Waals surface area contributed by atoms with Crippen molar-refractivity contribution in [3.63, 3.8) is 0 Å². The van der Waals surface area contributed by atoms with Gasteiger partial charge in [0, 0.05) is 0 Å². The second-order valence-corrected chi connectivity index (χ2v) is 1.35. The Morgan fingerprint density at radius 1 is 1.83 bits per heavy atom. The van der Waals surface area contributed by atoms with Crippen molar-refractivity contribution in [1.29, 1.82) is 0 Å². The first-order chi connectivity index (χ1) is 2.77. The monoisotopic (exact) mass is 83.1 g/mol. The third kappa shape index (κ3) is 4.02. The zero-order chi connectivity index (χ0) is 4.99. The van der Waals surface area contributed by atoms with E-state index < -0.39 is 0 Å². The molecule has 0 aromatic heterocycles. The Labute approximate surface area is 40.5 Å². The second kappa shape index (κ2) is 3.22. The number of rotatable bonds is 2. The fourth-order valence-electron chi connectivity index (χ4n) is 0.322. The summed E-state index contributed by atoms with van der Waals surface area (Å²) in [6.45, 7) is 4.91. The summed E-state index contributed by atoms with van der Waals surface area (Å²) in [7, 11) is 5.29. The maximum Gasteiger partial charge on any atom is 0.0902 e. The van der Waals surface area contributed by atoms with Crippen molar-refractivity contribution in [3.05, 3.63) is 0 Å². The van der Waals surface area contributed by atoms with E-state index in [0.717, 1.165) is 6.54 Å². The van der Waals surface area contributed by atoms with Gasteiger partial charge in [0.25, 0.3) is 0 Å². The molecule has 6 heavy (non-hydrogen) atoms. The van der Waals surface area contributed by atoms with Crippen LogP contribution in [0.4, 0.5) is 0 Å². The molecule has 0 spiro atoms. The third-order valence-electron chi connectivity index (χ3n) is 0.526. The highest BCUT2D eigenvalue weighted by Crippen LogP contribution is 1.64. The van der Waals surface area contributed by atoms with Gasteiger partial charge >= 0.3 is 0 Å². The molecule has 0 saturated heterocycles. The van der Waals surface area contributed by atoms with E-state index in [0.29, 0.717) is 0 Å². The van der Waals surface area contributed by atoms with Gasteiger partial charge in [0.05, 0.1) is 7.85 Å². The van der Waals surface area contributed by atoms with Gasteiger partial charge in [-0.05, 0) is 12.5 Å². The highest BCUT2D eigenvalue weighted by atomic mass is 14.9. The molecule has 0 aromatic carbocycles. The highest BCUT2D eigenvalue weighted by Gasteiger charge is 1.82. The molecule has 0 heterocycles. The predicted molar refractivity (Wildman–Crippen MR) is 28.9 cm³/mol. The van der Waals surface area contributed by atoms with Crippen LogP contribution in [0.25, 0.3) is 0 Å². The van der Waals surface area contributed by atoms with E-state index in [9.17, 15) is 0 Å². The fraction of sp³-hybridized carbons (Fsp3) is 1.00. The van der Waals surface area contributed by atoms with Gasteiger partial charge in [-0.2, -0.15) is 0 Å². The number of hydrogen-bond acceptors (Lipinski definition) is 1. The van der Waals surface area contributed by atoms with Crippen LogP contribution in [0, 0.1) is 0 Å². The van der Waals surface area contributed by atoms with Crippen molar-refractivity contribution >= 4 is 7.85 Å². The zero-order valence-corrected chi connectivity index (χ0v) is 4.36. The summed E-state index contributed by atoms with van der Waals surface area (Å²) in [6, 6.07) is 0. The standard InChI is InChI=1S/C4H10BN/c1-3-6-4(2)5/h4,6H,3H2,1-2H3. The molecule has 0 saturated carbocycles. The van der Waals surface area contributed by atoms with Gasteiger partial charge in [-0.15, -0.1) is 0 Å². The first-order valence-corrected chi connectivity index (χ1v) is 2.26. The normalized spacial score (nSPS) is 14.3. The van der Waals surface area contributed by atoms with E-state index in [4.69, 9.17) is 7.85 Å². The topological polar surface area (TPSA) is 12.0 Å².